The first-order valence-corrected chi connectivity index (χ1v) is 9.10. The third-order valence-electron chi connectivity index (χ3n) is 3.88. The number of thioether (sulfide) groups is 1. The lowest BCUT2D eigenvalue weighted by Gasteiger charge is -2.32. The van der Waals surface area contributed by atoms with Crippen LogP contribution in [-0.2, 0) is 11.0 Å². The van der Waals surface area contributed by atoms with Gasteiger partial charge in [-0.2, -0.15) is 24.9 Å². The maximum Gasteiger partial charge on any atom is 0.427 e. The number of nitrogens with zero attached hydrogens (tertiary/aromatic N) is 3. The Morgan fingerprint density at radius 2 is 2.00 bits per heavy atom. The SMILES string of the molecule is O=C(C1CCCN1c1ncc(C(F)(F)F)s1)N1CCSCC1. The minimum atomic E-state index is -4.38. The Morgan fingerprint density at radius 1 is 1.27 bits per heavy atom. The van der Waals surface area contributed by atoms with Crippen LogP contribution < -0.4 is 4.90 Å². The molecule has 22 heavy (non-hydrogen) atoms. The second kappa shape index (κ2) is 6.27. The van der Waals surface area contributed by atoms with Crippen LogP contribution in [0.15, 0.2) is 6.20 Å². The summed E-state index contributed by atoms with van der Waals surface area (Å²) in [6.07, 6.45) is -2.03. The van der Waals surface area contributed by atoms with Crippen LogP contribution in [0, 0.1) is 0 Å². The van der Waals surface area contributed by atoms with E-state index in [0.29, 0.717) is 29.4 Å². The lowest BCUT2D eigenvalue weighted by molar-refractivity contribution is -0.134. The van der Waals surface area contributed by atoms with Gasteiger partial charge in [0.2, 0.25) is 5.91 Å². The van der Waals surface area contributed by atoms with Crippen LogP contribution >= 0.6 is 23.1 Å². The van der Waals surface area contributed by atoms with E-state index < -0.39 is 11.1 Å². The minimum Gasteiger partial charge on any atom is -0.339 e. The molecule has 0 N–H and O–H groups in total. The summed E-state index contributed by atoms with van der Waals surface area (Å²) < 4.78 is 38.1. The molecule has 0 aliphatic carbocycles. The molecule has 1 unspecified atom stereocenters. The Morgan fingerprint density at radius 3 is 2.64 bits per heavy atom. The third-order valence-corrected chi connectivity index (χ3v) is 5.90. The van der Waals surface area contributed by atoms with E-state index in [9.17, 15) is 18.0 Å². The standard InChI is InChI=1S/C13H16F3N3OS2/c14-13(15,16)10-8-17-12(22-10)19-3-1-2-9(19)11(20)18-4-6-21-7-5-18/h8-9H,1-7H2. The third kappa shape index (κ3) is 3.19. The van der Waals surface area contributed by atoms with Gasteiger partial charge in [0.25, 0.3) is 0 Å². The van der Waals surface area contributed by atoms with Crippen LogP contribution in [0.3, 0.4) is 0 Å². The van der Waals surface area contributed by atoms with Gasteiger partial charge in [-0.25, -0.2) is 4.98 Å². The van der Waals surface area contributed by atoms with Crippen molar-refractivity contribution in [1.29, 1.82) is 0 Å². The van der Waals surface area contributed by atoms with Crippen LogP contribution in [0.2, 0.25) is 0 Å². The monoisotopic (exact) mass is 351 g/mol. The Bertz CT molecular complexity index is 543. The quantitative estimate of drug-likeness (QED) is 0.821. The average molecular weight is 351 g/mol. The van der Waals surface area contributed by atoms with Crippen molar-refractivity contribution in [3.63, 3.8) is 0 Å². The average Bonchev–Trinajstić information content (AvgIpc) is 3.15. The number of alkyl halides is 3. The van der Waals surface area contributed by atoms with Crippen molar-refractivity contribution >= 4 is 34.1 Å². The number of halogens is 3. The highest BCUT2D eigenvalue weighted by Crippen LogP contribution is 2.38. The summed E-state index contributed by atoms with van der Waals surface area (Å²) in [5.41, 5.74) is 0. The first kappa shape index (κ1) is 15.9. The molecule has 2 fully saturated rings. The van der Waals surface area contributed by atoms with Crippen molar-refractivity contribution in [2.45, 2.75) is 25.1 Å². The second-order valence-electron chi connectivity index (χ2n) is 5.29. The van der Waals surface area contributed by atoms with Gasteiger partial charge in [0.1, 0.15) is 10.9 Å². The molecule has 1 aromatic heterocycles. The Kier molecular flexibility index (Phi) is 4.54. The molecular formula is C13H16F3N3OS2. The summed E-state index contributed by atoms with van der Waals surface area (Å²) in [6, 6.07) is -0.365. The van der Waals surface area contributed by atoms with Gasteiger partial charge in [-0.15, -0.1) is 0 Å². The predicted molar refractivity (Wildman–Crippen MR) is 81.4 cm³/mol. The van der Waals surface area contributed by atoms with Crippen molar-refractivity contribution in [2.24, 2.45) is 0 Å². The minimum absolute atomic E-state index is 0.0292. The number of amides is 1. The summed E-state index contributed by atoms with van der Waals surface area (Å²) in [6.45, 7) is 2.03. The smallest absolute Gasteiger partial charge is 0.339 e. The zero-order valence-corrected chi connectivity index (χ0v) is 13.4. The van der Waals surface area contributed by atoms with Gasteiger partial charge in [-0.1, -0.05) is 11.3 Å². The first-order chi connectivity index (χ1) is 10.5. The fraction of sp³-hybridized carbons (Fsp3) is 0.692. The van der Waals surface area contributed by atoms with E-state index in [4.69, 9.17) is 0 Å². The van der Waals surface area contributed by atoms with Gasteiger partial charge in [-0.3, -0.25) is 4.79 Å². The van der Waals surface area contributed by atoms with Crippen molar-refractivity contribution in [2.75, 3.05) is 36.0 Å². The summed E-state index contributed by atoms with van der Waals surface area (Å²) in [7, 11) is 0. The van der Waals surface area contributed by atoms with Gasteiger partial charge in [0.05, 0.1) is 6.20 Å². The van der Waals surface area contributed by atoms with E-state index in [1.165, 1.54) is 0 Å². The van der Waals surface area contributed by atoms with Crippen LogP contribution in [0.25, 0.3) is 0 Å². The van der Waals surface area contributed by atoms with Crippen molar-refractivity contribution in [3.8, 4) is 0 Å². The van der Waals surface area contributed by atoms with E-state index in [2.05, 4.69) is 4.98 Å². The number of thiazole rings is 1. The molecule has 1 atom stereocenters. The number of carbonyl (C=O) groups is 1. The zero-order chi connectivity index (χ0) is 15.7. The number of anilines is 1. The van der Waals surface area contributed by atoms with Gasteiger partial charge in [0, 0.05) is 31.1 Å². The lowest BCUT2D eigenvalue weighted by Crippen LogP contribution is -2.48. The van der Waals surface area contributed by atoms with Crippen LogP contribution in [-0.4, -0.2) is 53.0 Å². The van der Waals surface area contributed by atoms with Crippen LogP contribution in [0.4, 0.5) is 18.3 Å². The molecular weight excluding hydrogens is 335 g/mol. The molecule has 1 amide bonds. The van der Waals surface area contributed by atoms with E-state index in [0.717, 1.165) is 37.2 Å². The normalized spacial score (nSPS) is 23.1. The maximum absolute atomic E-state index is 12.7. The molecule has 0 spiro atoms. The molecule has 4 nitrogen and oxygen atoms in total. The van der Waals surface area contributed by atoms with E-state index in [1.54, 1.807) is 4.90 Å². The van der Waals surface area contributed by atoms with Gasteiger partial charge >= 0.3 is 6.18 Å². The van der Waals surface area contributed by atoms with E-state index in [1.807, 2.05) is 16.7 Å². The molecule has 3 heterocycles. The van der Waals surface area contributed by atoms with E-state index in [-0.39, 0.29) is 11.9 Å². The van der Waals surface area contributed by atoms with Crippen molar-refractivity contribution < 1.29 is 18.0 Å². The highest BCUT2D eigenvalue weighted by atomic mass is 32.2. The number of rotatable bonds is 2. The van der Waals surface area contributed by atoms with Gasteiger partial charge in [-0.05, 0) is 12.8 Å². The fourth-order valence-electron chi connectivity index (χ4n) is 2.78. The molecule has 0 bridgehead atoms. The van der Waals surface area contributed by atoms with Crippen molar-refractivity contribution in [1.82, 2.24) is 9.88 Å². The Labute approximate surface area is 134 Å². The Balaban J connectivity index is 1.75. The maximum atomic E-state index is 12.7. The lowest BCUT2D eigenvalue weighted by atomic mass is 10.2. The number of aromatic nitrogens is 1. The molecule has 0 saturated carbocycles. The van der Waals surface area contributed by atoms with Crippen molar-refractivity contribution in [3.05, 3.63) is 11.1 Å². The largest absolute Gasteiger partial charge is 0.427 e. The number of hydrogen-bond donors (Lipinski definition) is 0. The topological polar surface area (TPSA) is 36.4 Å². The highest BCUT2D eigenvalue weighted by molar-refractivity contribution is 7.99. The number of carbonyl (C=O) groups excluding carboxylic acids is 1. The zero-order valence-electron chi connectivity index (χ0n) is 11.8. The molecule has 2 saturated heterocycles. The summed E-state index contributed by atoms with van der Waals surface area (Å²) >= 11 is 2.44. The molecule has 2 aliphatic rings. The molecule has 2 aliphatic heterocycles. The van der Waals surface area contributed by atoms with Gasteiger partial charge in [0.15, 0.2) is 5.13 Å². The summed E-state index contributed by atoms with van der Waals surface area (Å²) in [4.78, 5) is 19.4. The van der Waals surface area contributed by atoms with E-state index >= 15 is 0 Å². The first-order valence-electron chi connectivity index (χ1n) is 7.13. The summed E-state index contributed by atoms with van der Waals surface area (Å²) in [5.74, 6) is 1.88. The van der Waals surface area contributed by atoms with Crippen LogP contribution in [0.1, 0.15) is 17.7 Å². The summed E-state index contributed by atoms with van der Waals surface area (Å²) in [5, 5.41) is 0.301. The molecule has 0 radical (unpaired) electrons. The molecule has 122 valence electrons. The molecule has 3 rings (SSSR count). The number of hydrogen-bond acceptors (Lipinski definition) is 5. The Hall–Kier alpha value is -0.960. The van der Waals surface area contributed by atoms with Crippen LogP contribution in [0.5, 0.6) is 0 Å². The fourth-order valence-corrected chi connectivity index (χ4v) is 4.54. The van der Waals surface area contributed by atoms with Gasteiger partial charge < -0.3 is 9.80 Å². The predicted octanol–water partition coefficient (Wildman–Crippen LogP) is 2.71. The molecule has 1 aromatic rings. The second-order valence-corrected chi connectivity index (χ2v) is 7.53. The molecule has 9 heteroatoms. The highest BCUT2D eigenvalue weighted by Gasteiger charge is 2.38. The molecule has 0 aromatic carbocycles.